The van der Waals surface area contributed by atoms with E-state index in [4.69, 9.17) is 4.74 Å². The summed E-state index contributed by atoms with van der Waals surface area (Å²) in [7, 11) is -3.31. The normalized spacial score (nSPS) is 17.4. The quantitative estimate of drug-likeness (QED) is 0.868. The first-order valence-corrected chi connectivity index (χ1v) is 8.19. The molecule has 3 nitrogen and oxygen atoms in total. The number of rotatable bonds is 4. The number of sulfone groups is 1. The van der Waals surface area contributed by atoms with E-state index >= 15 is 0 Å². The molecule has 4 heteroatoms. The predicted octanol–water partition coefficient (Wildman–Crippen LogP) is 2.43. The molecule has 1 aliphatic heterocycles. The average Bonchev–Trinajstić information content (AvgIpc) is 2.45. The lowest BCUT2D eigenvalue weighted by molar-refractivity contribution is -0.0480. The van der Waals surface area contributed by atoms with Crippen LogP contribution in [0.3, 0.4) is 0 Å². The Balaban J connectivity index is 1.93. The molecule has 0 N–H and O–H groups in total. The van der Waals surface area contributed by atoms with E-state index in [1.54, 1.807) is 24.3 Å². The Morgan fingerprint density at radius 2 is 1.45 bits per heavy atom. The van der Waals surface area contributed by atoms with Crippen LogP contribution in [0.25, 0.3) is 0 Å². The third-order valence-corrected chi connectivity index (χ3v) is 5.63. The number of hydrogen-bond acceptors (Lipinski definition) is 3. The van der Waals surface area contributed by atoms with Crippen molar-refractivity contribution in [3.8, 4) is 0 Å². The van der Waals surface area contributed by atoms with Crippen molar-refractivity contribution in [2.24, 2.45) is 0 Å². The molecule has 0 unspecified atom stereocenters. The van der Waals surface area contributed by atoms with Gasteiger partial charge < -0.3 is 4.74 Å². The van der Waals surface area contributed by atoms with Crippen LogP contribution in [0, 0.1) is 0 Å². The highest BCUT2D eigenvalue weighted by atomic mass is 32.2. The van der Waals surface area contributed by atoms with Crippen LogP contribution in [0.2, 0.25) is 0 Å². The van der Waals surface area contributed by atoms with Crippen molar-refractivity contribution in [1.29, 1.82) is 0 Å². The molecular weight excluding hydrogens is 272 g/mol. The summed E-state index contributed by atoms with van der Waals surface area (Å²) in [6, 6.07) is 18.4. The molecule has 0 aliphatic carbocycles. The number of benzene rings is 2. The fraction of sp³-hybridized carbons (Fsp3) is 0.250. The summed E-state index contributed by atoms with van der Waals surface area (Å²) in [5, 5.41) is 0. The maximum atomic E-state index is 12.6. The lowest BCUT2D eigenvalue weighted by atomic mass is 9.81. The molecule has 0 bridgehead atoms. The fourth-order valence-electron chi connectivity index (χ4n) is 2.55. The van der Waals surface area contributed by atoms with Crippen LogP contribution >= 0.6 is 0 Å². The molecule has 1 heterocycles. The van der Waals surface area contributed by atoms with Crippen molar-refractivity contribution in [2.45, 2.75) is 10.3 Å². The molecule has 0 amide bonds. The molecular formula is C16H16O3S. The highest BCUT2D eigenvalue weighted by Crippen LogP contribution is 2.35. The number of ether oxygens (including phenoxy) is 1. The van der Waals surface area contributed by atoms with Crippen LogP contribution in [-0.4, -0.2) is 27.4 Å². The van der Waals surface area contributed by atoms with Gasteiger partial charge in [0.25, 0.3) is 0 Å². The van der Waals surface area contributed by atoms with Crippen LogP contribution in [0.1, 0.15) is 5.56 Å². The van der Waals surface area contributed by atoms with Gasteiger partial charge in [0.05, 0.1) is 29.3 Å². The molecule has 0 saturated carbocycles. The molecule has 0 atom stereocenters. The molecule has 1 saturated heterocycles. The highest BCUT2D eigenvalue weighted by Gasteiger charge is 2.44. The molecule has 0 aromatic heterocycles. The van der Waals surface area contributed by atoms with Gasteiger partial charge >= 0.3 is 0 Å². The minimum absolute atomic E-state index is 0.0913. The van der Waals surface area contributed by atoms with Crippen LogP contribution in [0.15, 0.2) is 65.6 Å². The largest absolute Gasteiger partial charge is 0.379 e. The van der Waals surface area contributed by atoms with Crippen LogP contribution in [-0.2, 0) is 20.0 Å². The minimum Gasteiger partial charge on any atom is -0.379 e. The summed E-state index contributed by atoms with van der Waals surface area (Å²) in [6.07, 6.45) is 0. The molecule has 3 rings (SSSR count). The van der Waals surface area contributed by atoms with Crippen LogP contribution in [0.5, 0.6) is 0 Å². The van der Waals surface area contributed by atoms with Gasteiger partial charge in [-0.05, 0) is 17.7 Å². The Labute approximate surface area is 119 Å². The first-order valence-electron chi connectivity index (χ1n) is 6.54. The summed E-state index contributed by atoms with van der Waals surface area (Å²) >= 11 is 0. The summed E-state index contributed by atoms with van der Waals surface area (Å²) < 4.78 is 30.4. The van der Waals surface area contributed by atoms with E-state index in [0.29, 0.717) is 18.1 Å². The van der Waals surface area contributed by atoms with Gasteiger partial charge in [-0.15, -0.1) is 0 Å². The van der Waals surface area contributed by atoms with Gasteiger partial charge in [-0.25, -0.2) is 8.42 Å². The molecule has 104 valence electrons. The molecule has 0 radical (unpaired) electrons. The minimum atomic E-state index is -3.31. The lowest BCUT2D eigenvalue weighted by Crippen LogP contribution is -2.51. The molecule has 20 heavy (non-hydrogen) atoms. The Morgan fingerprint density at radius 3 is 1.95 bits per heavy atom. The van der Waals surface area contributed by atoms with Crippen molar-refractivity contribution in [3.63, 3.8) is 0 Å². The van der Waals surface area contributed by atoms with Gasteiger partial charge in [-0.3, -0.25) is 0 Å². The van der Waals surface area contributed by atoms with Gasteiger partial charge in [0.1, 0.15) is 0 Å². The van der Waals surface area contributed by atoms with Crippen molar-refractivity contribution >= 4 is 9.84 Å². The number of hydrogen-bond donors (Lipinski definition) is 0. The van der Waals surface area contributed by atoms with E-state index in [0.717, 1.165) is 5.56 Å². The van der Waals surface area contributed by atoms with Gasteiger partial charge in [0.15, 0.2) is 9.84 Å². The van der Waals surface area contributed by atoms with E-state index in [2.05, 4.69) is 0 Å². The van der Waals surface area contributed by atoms with Gasteiger partial charge in [-0.2, -0.15) is 0 Å². The molecule has 1 aliphatic rings. The maximum absolute atomic E-state index is 12.6. The Hall–Kier alpha value is -1.65. The average molecular weight is 288 g/mol. The zero-order chi connectivity index (χ0) is 14.1. The highest BCUT2D eigenvalue weighted by molar-refractivity contribution is 7.91. The third-order valence-electron chi connectivity index (χ3n) is 3.71. The van der Waals surface area contributed by atoms with E-state index in [9.17, 15) is 8.42 Å². The predicted molar refractivity (Wildman–Crippen MR) is 77.4 cm³/mol. The smallest absolute Gasteiger partial charge is 0.179 e. The molecule has 2 aromatic rings. The SMILES string of the molecule is O=S(=O)(CC1(c2ccccc2)COC1)c1ccccc1. The first kappa shape index (κ1) is 13.3. The fourth-order valence-corrected chi connectivity index (χ4v) is 4.35. The lowest BCUT2D eigenvalue weighted by Gasteiger charge is -2.41. The molecule has 0 spiro atoms. The summed E-state index contributed by atoms with van der Waals surface area (Å²) in [6.45, 7) is 0.923. The van der Waals surface area contributed by atoms with E-state index in [-0.39, 0.29) is 5.75 Å². The molecule has 2 aromatic carbocycles. The van der Waals surface area contributed by atoms with Gasteiger partial charge in [0.2, 0.25) is 0 Å². The topological polar surface area (TPSA) is 43.4 Å². The summed E-state index contributed by atoms with van der Waals surface area (Å²) in [5.41, 5.74) is 0.626. The Morgan fingerprint density at radius 1 is 0.900 bits per heavy atom. The maximum Gasteiger partial charge on any atom is 0.179 e. The summed E-state index contributed by atoms with van der Waals surface area (Å²) in [4.78, 5) is 0.377. The second-order valence-electron chi connectivity index (χ2n) is 5.21. The van der Waals surface area contributed by atoms with E-state index in [1.807, 2.05) is 36.4 Å². The molecule has 1 fully saturated rings. The monoisotopic (exact) mass is 288 g/mol. The first-order chi connectivity index (χ1) is 9.62. The summed E-state index contributed by atoms with van der Waals surface area (Å²) in [5.74, 6) is 0.0913. The Bertz CT molecular complexity index is 674. The van der Waals surface area contributed by atoms with Crippen LogP contribution < -0.4 is 0 Å². The van der Waals surface area contributed by atoms with Gasteiger partial charge in [-0.1, -0.05) is 48.5 Å². The van der Waals surface area contributed by atoms with Crippen molar-refractivity contribution in [2.75, 3.05) is 19.0 Å². The van der Waals surface area contributed by atoms with Crippen LogP contribution in [0.4, 0.5) is 0 Å². The van der Waals surface area contributed by atoms with Crippen molar-refractivity contribution in [3.05, 3.63) is 66.2 Å². The Kier molecular flexibility index (Phi) is 3.36. The second-order valence-corrected chi connectivity index (χ2v) is 7.20. The zero-order valence-electron chi connectivity index (χ0n) is 11.0. The third kappa shape index (κ3) is 2.37. The standard InChI is InChI=1S/C16H16O3S/c17-20(18,15-9-5-2-6-10-15)13-16(11-19-12-16)14-7-3-1-4-8-14/h1-10H,11-13H2. The zero-order valence-corrected chi connectivity index (χ0v) is 11.8. The van der Waals surface area contributed by atoms with Crippen molar-refractivity contribution in [1.82, 2.24) is 0 Å². The van der Waals surface area contributed by atoms with E-state index in [1.165, 1.54) is 0 Å². The second kappa shape index (κ2) is 5.04. The van der Waals surface area contributed by atoms with Crippen molar-refractivity contribution < 1.29 is 13.2 Å². The van der Waals surface area contributed by atoms with Gasteiger partial charge in [0, 0.05) is 0 Å². The van der Waals surface area contributed by atoms with E-state index < -0.39 is 15.3 Å².